The largest absolute Gasteiger partial charge is 0.497 e. The molecule has 0 aliphatic carbocycles. The lowest BCUT2D eigenvalue weighted by atomic mass is 10.2. The maximum Gasteiger partial charge on any atom is 0.267 e. The molecule has 0 spiro atoms. The van der Waals surface area contributed by atoms with Crippen molar-refractivity contribution in [1.29, 1.82) is 0 Å². The lowest BCUT2D eigenvalue weighted by Gasteiger charge is -2.19. The van der Waals surface area contributed by atoms with E-state index in [-0.39, 0.29) is 17.5 Å². The number of anilines is 1. The number of rotatable bonds is 10. The summed E-state index contributed by atoms with van der Waals surface area (Å²) < 4.78 is 5.13. The third-order valence-electron chi connectivity index (χ3n) is 4.83. The number of benzene rings is 2. The molecule has 1 heterocycles. The third-order valence-corrected chi connectivity index (χ3v) is 5.65. The highest BCUT2D eigenvalue weighted by molar-refractivity contribution is 7.10. The number of methoxy groups -OCH3 is 1. The summed E-state index contributed by atoms with van der Waals surface area (Å²) in [7, 11) is 3.59. The van der Waals surface area contributed by atoms with Crippen LogP contribution in [0, 0.1) is 0 Å². The van der Waals surface area contributed by atoms with E-state index in [0.717, 1.165) is 23.5 Å². The van der Waals surface area contributed by atoms with Gasteiger partial charge in [0, 0.05) is 36.3 Å². The van der Waals surface area contributed by atoms with Crippen molar-refractivity contribution in [2.75, 3.05) is 32.1 Å². The third kappa shape index (κ3) is 6.72. The second-order valence-corrected chi connectivity index (χ2v) is 8.10. The van der Waals surface area contributed by atoms with Gasteiger partial charge in [-0.25, -0.2) is 0 Å². The molecule has 0 bridgehead atoms. The summed E-state index contributed by atoms with van der Waals surface area (Å²) in [5.74, 6) is -0.00818. The van der Waals surface area contributed by atoms with Gasteiger partial charge in [-0.2, -0.15) is 0 Å². The van der Waals surface area contributed by atoms with Crippen LogP contribution in [0.25, 0.3) is 6.08 Å². The molecule has 32 heavy (non-hydrogen) atoms. The molecule has 2 amide bonds. The molecule has 0 unspecified atom stereocenters. The summed E-state index contributed by atoms with van der Waals surface area (Å²) in [6, 6.07) is 20.6. The number of hydrogen-bond acceptors (Lipinski definition) is 5. The van der Waals surface area contributed by atoms with Gasteiger partial charge in [-0.05, 0) is 60.3 Å². The first-order valence-corrected chi connectivity index (χ1v) is 11.2. The second kappa shape index (κ2) is 11.7. The fraction of sp³-hybridized carbons (Fsp3) is 0.200. The van der Waals surface area contributed by atoms with Crippen LogP contribution in [0.1, 0.15) is 21.7 Å². The van der Waals surface area contributed by atoms with E-state index in [1.54, 1.807) is 37.5 Å². The molecule has 1 aromatic heterocycles. The van der Waals surface area contributed by atoms with E-state index in [1.807, 2.05) is 42.8 Å². The van der Waals surface area contributed by atoms with Crippen molar-refractivity contribution < 1.29 is 14.3 Å². The molecule has 166 valence electrons. The minimum absolute atomic E-state index is 0.213. The Hall–Kier alpha value is -3.58. The fourth-order valence-electron chi connectivity index (χ4n) is 3.04. The lowest BCUT2D eigenvalue weighted by Crippen LogP contribution is -2.36. The Morgan fingerprint density at radius 2 is 1.78 bits per heavy atom. The Labute approximate surface area is 192 Å². The van der Waals surface area contributed by atoms with Gasteiger partial charge in [0.2, 0.25) is 0 Å². The summed E-state index contributed by atoms with van der Waals surface area (Å²) in [6.45, 7) is 1.29. The molecule has 2 aromatic carbocycles. The van der Waals surface area contributed by atoms with E-state index >= 15 is 0 Å². The molecule has 3 aromatic rings. The first-order chi connectivity index (χ1) is 15.6. The smallest absolute Gasteiger partial charge is 0.267 e. The quantitative estimate of drug-likeness (QED) is 0.360. The van der Waals surface area contributed by atoms with Gasteiger partial charge in [0.05, 0.1) is 7.11 Å². The summed E-state index contributed by atoms with van der Waals surface area (Å²) >= 11 is 1.50. The Bertz CT molecular complexity index is 1030. The van der Waals surface area contributed by atoms with Crippen LogP contribution in [0.3, 0.4) is 0 Å². The number of ether oxygens (including phenoxy) is 1. The van der Waals surface area contributed by atoms with Crippen LogP contribution >= 0.6 is 11.3 Å². The molecular weight excluding hydrogens is 422 g/mol. The van der Waals surface area contributed by atoms with Crippen LogP contribution in [0.15, 0.2) is 77.8 Å². The standard InChI is InChI=1S/C25H27N3O3S/c1-28(20-8-4-3-5-9-20)16-7-15-26-25(30)23(18-22-10-6-17-32-22)27-24(29)19-11-13-21(31-2)14-12-19/h3-6,8-14,17-18H,7,15-16H2,1-2H3,(H,26,30)(H,27,29)/b23-18-. The number of amides is 2. The Kier molecular flexibility index (Phi) is 8.45. The van der Waals surface area contributed by atoms with Crippen molar-refractivity contribution in [2.24, 2.45) is 0 Å². The van der Waals surface area contributed by atoms with Gasteiger partial charge in [-0.15, -0.1) is 11.3 Å². The molecule has 3 rings (SSSR count). The van der Waals surface area contributed by atoms with E-state index in [9.17, 15) is 9.59 Å². The highest BCUT2D eigenvalue weighted by atomic mass is 32.1. The topological polar surface area (TPSA) is 70.7 Å². The van der Waals surface area contributed by atoms with Crippen molar-refractivity contribution in [3.8, 4) is 5.75 Å². The SMILES string of the molecule is COc1ccc(C(=O)N/C(=C\c2cccs2)C(=O)NCCCN(C)c2ccccc2)cc1. The number of para-hydroxylation sites is 1. The van der Waals surface area contributed by atoms with Crippen molar-refractivity contribution >= 4 is 34.9 Å². The molecule has 0 aliphatic rings. The molecule has 6 nitrogen and oxygen atoms in total. The van der Waals surface area contributed by atoms with Gasteiger partial charge in [0.1, 0.15) is 11.4 Å². The number of nitrogens with zero attached hydrogens (tertiary/aromatic N) is 1. The zero-order valence-electron chi connectivity index (χ0n) is 18.2. The Morgan fingerprint density at radius 3 is 2.44 bits per heavy atom. The number of carbonyl (C=O) groups is 2. The maximum atomic E-state index is 12.8. The van der Waals surface area contributed by atoms with Crippen LogP contribution in [0.4, 0.5) is 5.69 Å². The number of carbonyl (C=O) groups excluding carboxylic acids is 2. The minimum atomic E-state index is -0.352. The average molecular weight is 450 g/mol. The molecule has 0 radical (unpaired) electrons. The van der Waals surface area contributed by atoms with Crippen LogP contribution in [0.5, 0.6) is 5.75 Å². The number of nitrogens with one attached hydrogen (secondary N) is 2. The van der Waals surface area contributed by atoms with Gasteiger partial charge in [-0.3, -0.25) is 9.59 Å². The fourth-order valence-corrected chi connectivity index (χ4v) is 3.69. The van der Waals surface area contributed by atoms with E-state index < -0.39 is 0 Å². The summed E-state index contributed by atoms with van der Waals surface area (Å²) in [6.07, 6.45) is 2.47. The molecule has 0 saturated carbocycles. The zero-order chi connectivity index (χ0) is 22.8. The molecule has 7 heteroatoms. The first-order valence-electron chi connectivity index (χ1n) is 10.3. The number of thiophene rings is 1. The second-order valence-electron chi connectivity index (χ2n) is 7.12. The van der Waals surface area contributed by atoms with Crippen molar-refractivity contribution in [2.45, 2.75) is 6.42 Å². The highest BCUT2D eigenvalue weighted by Crippen LogP contribution is 2.15. The lowest BCUT2D eigenvalue weighted by molar-refractivity contribution is -0.117. The zero-order valence-corrected chi connectivity index (χ0v) is 19.0. The van der Waals surface area contributed by atoms with E-state index in [4.69, 9.17) is 4.74 Å². The first kappa shape index (κ1) is 23.1. The minimum Gasteiger partial charge on any atom is -0.497 e. The normalized spacial score (nSPS) is 11.0. The highest BCUT2D eigenvalue weighted by Gasteiger charge is 2.15. The van der Waals surface area contributed by atoms with Crippen LogP contribution < -0.4 is 20.3 Å². The number of hydrogen-bond donors (Lipinski definition) is 2. The van der Waals surface area contributed by atoms with E-state index in [1.165, 1.54) is 11.3 Å². The van der Waals surface area contributed by atoms with Crippen molar-refractivity contribution in [3.63, 3.8) is 0 Å². The average Bonchev–Trinajstić information content (AvgIpc) is 3.35. The summed E-state index contributed by atoms with van der Waals surface area (Å²) in [4.78, 5) is 28.5. The van der Waals surface area contributed by atoms with Gasteiger partial charge in [0.25, 0.3) is 11.8 Å². The van der Waals surface area contributed by atoms with E-state index in [2.05, 4.69) is 27.7 Å². The molecule has 0 saturated heterocycles. The Morgan fingerprint density at radius 1 is 1.03 bits per heavy atom. The summed E-state index contributed by atoms with van der Waals surface area (Å²) in [5, 5.41) is 7.59. The van der Waals surface area contributed by atoms with Gasteiger partial charge < -0.3 is 20.3 Å². The van der Waals surface area contributed by atoms with Crippen LogP contribution in [0.2, 0.25) is 0 Å². The van der Waals surface area contributed by atoms with Gasteiger partial charge in [0.15, 0.2) is 0 Å². The molecule has 0 atom stereocenters. The van der Waals surface area contributed by atoms with Gasteiger partial charge >= 0.3 is 0 Å². The van der Waals surface area contributed by atoms with Crippen molar-refractivity contribution in [1.82, 2.24) is 10.6 Å². The van der Waals surface area contributed by atoms with Crippen LogP contribution in [-0.4, -0.2) is 39.1 Å². The van der Waals surface area contributed by atoms with Gasteiger partial charge in [-0.1, -0.05) is 24.3 Å². The molecule has 0 aliphatic heterocycles. The van der Waals surface area contributed by atoms with Crippen LogP contribution in [-0.2, 0) is 4.79 Å². The monoisotopic (exact) mass is 449 g/mol. The van der Waals surface area contributed by atoms with E-state index in [0.29, 0.717) is 17.9 Å². The predicted molar refractivity (Wildman–Crippen MR) is 130 cm³/mol. The molecule has 0 fully saturated rings. The summed E-state index contributed by atoms with van der Waals surface area (Å²) in [5.41, 5.74) is 1.79. The predicted octanol–water partition coefficient (Wildman–Crippen LogP) is 4.17. The molecule has 2 N–H and O–H groups in total. The molecular formula is C25H27N3O3S. The maximum absolute atomic E-state index is 12.8. The van der Waals surface area contributed by atoms with Crippen molar-refractivity contribution in [3.05, 3.63) is 88.2 Å². The Balaban J connectivity index is 1.59.